The number of hydrogen-bond donors (Lipinski definition) is 0. The quantitative estimate of drug-likeness (QED) is 0.564. The van der Waals surface area contributed by atoms with Gasteiger partial charge in [0.25, 0.3) is 0 Å². The van der Waals surface area contributed by atoms with Crippen LogP contribution < -0.4 is 4.74 Å². The first-order valence-electron chi connectivity index (χ1n) is 6.82. The topological polar surface area (TPSA) is 38.8 Å². The van der Waals surface area contributed by atoms with Crippen LogP contribution in [0.5, 0.6) is 5.75 Å². The van der Waals surface area contributed by atoms with Gasteiger partial charge in [0.2, 0.25) is 5.91 Å². The highest BCUT2D eigenvalue weighted by atomic mass is 32.2. The average molecular weight is 335 g/mol. The molecule has 0 spiro atoms. The Morgan fingerprint density at radius 2 is 2.14 bits per heavy atom. The Kier molecular flexibility index (Phi) is 6.25. The van der Waals surface area contributed by atoms with E-state index in [1.165, 1.54) is 11.8 Å². The monoisotopic (exact) mass is 335 g/mol. The molecule has 0 aromatic heterocycles. The zero-order valence-corrected chi connectivity index (χ0v) is 13.9. The van der Waals surface area contributed by atoms with Crippen LogP contribution in [0.4, 0.5) is 0 Å². The Labute approximate surface area is 140 Å². The van der Waals surface area contributed by atoms with Gasteiger partial charge in [-0.15, -0.1) is 6.42 Å². The average Bonchev–Trinajstić information content (AvgIpc) is 2.79. The van der Waals surface area contributed by atoms with E-state index >= 15 is 0 Å². The van der Waals surface area contributed by atoms with Gasteiger partial charge in [-0.1, -0.05) is 42.0 Å². The van der Waals surface area contributed by atoms with Gasteiger partial charge >= 0.3 is 0 Å². The summed E-state index contributed by atoms with van der Waals surface area (Å²) in [5.41, 5.74) is 1.07. The number of benzene rings is 1. The fraction of sp³-hybridized carbons (Fsp3) is 0.375. The van der Waals surface area contributed by atoms with Crippen LogP contribution in [0.25, 0.3) is 0 Å². The van der Waals surface area contributed by atoms with Crippen molar-refractivity contribution in [2.75, 3.05) is 26.9 Å². The number of rotatable bonds is 7. The number of hydrogen-bond acceptors (Lipinski definition) is 5. The predicted octanol–water partition coefficient (Wildman–Crippen LogP) is 2.12. The molecule has 0 bridgehead atoms. The van der Waals surface area contributed by atoms with Crippen molar-refractivity contribution in [3.05, 3.63) is 29.8 Å². The summed E-state index contributed by atoms with van der Waals surface area (Å²) in [6.45, 7) is 1.25. The Hall–Kier alpha value is -1.55. The summed E-state index contributed by atoms with van der Waals surface area (Å²) in [5.74, 6) is 3.20. The fourth-order valence-electron chi connectivity index (χ4n) is 2.07. The van der Waals surface area contributed by atoms with Gasteiger partial charge in [-0.3, -0.25) is 9.69 Å². The summed E-state index contributed by atoms with van der Waals surface area (Å²) in [4.78, 5) is 14.0. The molecule has 4 nitrogen and oxygen atoms in total. The van der Waals surface area contributed by atoms with Crippen LogP contribution in [0.2, 0.25) is 0 Å². The maximum absolute atomic E-state index is 12.3. The van der Waals surface area contributed by atoms with Gasteiger partial charge in [-0.05, 0) is 24.1 Å². The Morgan fingerprint density at radius 1 is 1.41 bits per heavy atom. The third-order valence-corrected chi connectivity index (χ3v) is 4.77. The SMILES string of the molecule is C#CCOc1ccc(C[C@H]2SC(=S)N(CCOC)C2=O)cc1. The van der Waals surface area contributed by atoms with Crippen molar-refractivity contribution >= 4 is 34.2 Å². The predicted molar refractivity (Wildman–Crippen MR) is 92.0 cm³/mol. The number of thiocarbonyl (C=S) groups is 1. The molecule has 2 rings (SSSR count). The lowest BCUT2D eigenvalue weighted by molar-refractivity contribution is -0.126. The third kappa shape index (κ3) is 4.23. The molecule has 22 heavy (non-hydrogen) atoms. The summed E-state index contributed by atoms with van der Waals surface area (Å²) in [7, 11) is 1.61. The molecule has 1 saturated heterocycles. The molecular formula is C16H17NO3S2. The molecule has 1 aliphatic heterocycles. The minimum absolute atomic E-state index is 0.0553. The first-order chi connectivity index (χ1) is 10.7. The molecule has 1 aromatic rings. The van der Waals surface area contributed by atoms with Gasteiger partial charge in [0, 0.05) is 7.11 Å². The lowest BCUT2D eigenvalue weighted by Crippen LogP contribution is -2.34. The van der Waals surface area contributed by atoms with Crippen molar-refractivity contribution < 1.29 is 14.3 Å². The lowest BCUT2D eigenvalue weighted by atomic mass is 10.1. The molecule has 1 heterocycles. The molecule has 116 valence electrons. The Bertz CT molecular complexity index is 580. The number of thioether (sulfide) groups is 1. The van der Waals surface area contributed by atoms with Crippen LogP contribution in [0.3, 0.4) is 0 Å². The zero-order valence-electron chi connectivity index (χ0n) is 12.3. The van der Waals surface area contributed by atoms with Crippen molar-refractivity contribution in [2.24, 2.45) is 0 Å². The number of ether oxygens (including phenoxy) is 2. The van der Waals surface area contributed by atoms with Gasteiger partial charge in [0.05, 0.1) is 18.4 Å². The van der Waals surface area contributed by atoms with Crippen molar-refractivity contribution in [2.45, 2.75) is 11.7 Å². The number of nitrogens with zero attached hydrogens (tertiary/aromatic N) is 1. The molecule has 0 unspecified atom stereocenters. The van der Waals surface area contributed by atoms with E-state index in [2.05, 4.69) is 5.92 Å². The summed E-state index contributed by atoms with van der Waals surface area (Å²) in [6.07, 6.45) is 5.79. The second kappa shape index (κ2) is 8.18. The van der Waals surface area contributed by atoms with Gasteiger partial charge < -0.3 is 9.47 Å². The molecule has 1 fully saturated rings. The summed E-state index contributed by atoms with van der Waals surface area (Å²) in [5, 5.41) is -0.165. The Morgan fingerprint density at radius 3 is 2.77 bits per heavy atom. The fourth-order valence-corrected chi connectivity index (χ4v) is 3.66. The molecule has 1 amide bonds. The van der Waals surface area contributed by atoms with Crippen molar-refractivity contribution in [3.63, 3.8) is 0 Å². The molecule has 0 saturated carbocycles. The van der Waals surface area contributed by atoms with Crippen LogP contribution in [0.1, 0.15) is 5.56 Å². The summed E-state index contributed by atoms with van der Waals surface area (Å²) in [6, 6.07) is 7.61. The van der Waals surface area contributed by atoms with E-state index in [0.29, 0.717) is 23.9 Å². The van der Waals surface area contributed by atoms with Crippen LogP contribution in [0, 0.1) is 12.3 Å². The molecular weight excluding hydrogens is 318 g/mol. The second-order valence-corrected chi connectivity index (χ2v) is 6.53. The van der Waals surface area contributed by atoms with E-state index in [1.54, 1.807) is 12.0 Å². The zero-order chi connectivity index (χ0) is 15.9. The number of methoxy groups -OCH3 is 1. The summed E-state index contributed by atoms with van der Waals surface area (Å²) < 4.78 is 11.0. The molecule has 1 aliphatic rings. The first kappa shape index (κ1) is 16.8. The highest BCUT2D eigenvalue weighted by molar-refractivity contribution is 8.24. The minimum Gasteiger partial charge on any atom is -0.481 e. The van der Waals surface area contributed by atoms with Crippen LogP contribution in [-0.2, 0) is 16.0 Å². The van der Waals surface area contributed by atoms with E-state index in [9.17, 15) is 4.79 Å². The first-order valence-corrected chi connectivity index (χ1v) is 8.10. The molecule has 6 heteroatoms. The standard InChI is InChI=1S/C16H17NO3S2/c1-3-9-20-13-6-4-12(5-7-13)11-14-15(18)17(8-10-19-2)16(21)22-14/h1,4-7,14H,8-11H2,2H3/t14-/m1/s1. The van der Waals surface area contributed by atoms with Gasteiger partial charge in [-0.2, -0.15) is 0 Å². The smallest absolute Gasteiger partial charge is 0.242 e. The highest BCUT2D eigenvalue weighted by Gasteiger charge is 2.36. The molecule has 0 radical (unpaired) electrons. The number of carbonyl (C=O) groups excluding carboxylic acids is 1. The normalized spacial score (nSPS) is 17.6. The lowest BCUT2D eigenvalue weighted by Gasteiger charge is -2.14. The van der Waals surface area contributed by atoms with Crippen molar-refractivity contribution in [3.8, 4) is 18.1 Å². The third-order valence-electron chi connectivity index (χ3n) is 3.19. The van der Waals surface area contributed by atoms with Gasteiger partial charge in [-0.25, -0.2) is 0 Å². The molecule has 0 aliphatic carbocycles. The van der Waals surface area contributed by atoms with Crippen molar-refractivity contribution in [1.29, 1.82) is 0 Å². The van der Waals surface area contributed by atoms with Crippen molar-refractivity contribution in [1.82, 2.24) is 4.90 Å². The second-order valence-electron chi connectivity index (χ2n) is 4.70. The van der Waals surface area contributed by atoms with Crippen LogP contribution in [0.15, 0.2) is 24.3 Å². The highest BCUT2D eigenvalue weighted by Crippen LogP contribution is 2.30. The van der Waals surface area contributed by atoms with Gasteiger partial charge in [0.1, 0.15) is 16.7 Å². The van der Waals surface area contributed by atoms with Crippen LogP contribution in [-0.4, -0.2) is 47.2 Å². The minimum atomic E-state index is -0.165. The maximum atomic E-state index is 12.3. The number of amides is 1. The van der Waals surface area contributed by atoms with E-state index < -0.39 is 0 Å². The van der Waals surface area contributed by atoms with Gasteiger partial charge in [0.15, 0.2) is 0 Å². The van der Waals surface area contributed by atoms with E-state index in [0.717, 1.165) is 11.3 Å². The number of terminal acetylenes is 1. The Balaban J connectivity index is 1.95. The van der Waals surface area contributed by atoms with E-state index in [-0.39, 0.29) is 17.8 Å². The summed E-state index contributed by atoms with van der Waals surface area (Å²) >= 11 is 6.71. The maximum Gasteiger partial charge on any atom is 0.242 e. The van der Waals surface area contributed by atoms with E-state index in [1.807, 2.05) is 24.3 Å². The molecule has 0 N–H and O–H groups in total. The molecule has 1 aromatic carbocycles. The number of carbonyl (C=O) groups is 1. The van der Waals surface area contributed by atoms with Crippen LogP contribution >= 0.6 is 24.0 Å². The largest absolute Gasteiger partial charge is 0.481 e. The molecule has 1 atom stereocenters. The van der Waals surface area contributed by atoms with E-state index in [4.69, 9.17) is 28.1 Å².